The first-order chi connectivity index (χ1) is 8.69. The Hall–Kier alpha value is -0.610. The predicted molar refractivity (Wildman–Crippen MR) is 74.5 cm³/mol. The SMILES string of the molecule is CCCNC1c2c(F)ccc(Br)c2OC1CCC. The smallest absolute Gasteiger partial charge is 0.141 e. The summed E-state index contributed by atoms with van der Waals surface area (Å²) in [7, 11) is 0. The molecule has 2 unspecified atom stereocenters. The fourth-order valence-electron chi connectivity index (χ4n) is 2.41. The van der Waals surface area contributed by atoms with Gasteiger partial charge in [0.15, 0.2) is 0 Å². The summed E-state index contributed by atoms with van der Waals surface area (Å²) in [6.07, 6.45) is 3.02. The minimum absolute atomic E-state index is 0.0302. The molecule has 0 bridgehead atoms. The third-order valence-corrected chi connectivity index (χ3v) is 3.86. The molecular weight excluding hydrogens is 297 g/mol. The van der Waals surface area contributed by atoms with Crippen molar-refractivity contribution in [3.63, 3.8) is 0 Å². The molecule has 1 aliphatic heterocycles. The minimum atomic E-state index is -0.180. The van der Waals surface area contributed by atoms with E-state index in [1.807, 2.05) is 0 Å². The number of benzene rings is 1. The van der Waals surface area contributed by atoms with Crippen molar-refractivity contribution in [3.05, 3.63) is 28.0 Å². The third-order valence-electron chi connectivity index (χ3n) is 3.23. The maximum Gasteiger partial charge on any atom is 0.141 e. The van der Waals surface area contributed by atoms with E-state index in [1.165, 1.54) is 6.07 Å². The Morgan fingerprint density at radius 3 is 2.78 bits per heavy atom. The largest absolute Gasteiger partial charge is 0.487 e. The van der Waals surface area contributed by atoms with E-state index >= 15 is 0 Å². The molecule has 100 valence electrons. The Balaban J connectivity index is 2.32. The van der Waals surface area contributed by atoms with Crippen LogP contribution in [0.5, 0.6) is 5.75 Å². The van der Waals surface area contributed by atoms with Crippen LogP contribution in [-0.4, -0.2) is 12.6 Å². The number of nitrogens with one attached hydrogen (secondary N) is 1. The molecule has 4 heteroatoms. The second-order valence-electron chi connectivity index (χ2n) is 4.65. The highest BCUT2D eigenvalue weighted by molar-refractivity contribution is 9.10. The lowest BCUT2D eigenvalue weighted by Gasteiger charge is -2.19. The summed E-state index contributed by atoms with van der Waals surface area (Å²) in [4.78, 5) is 0. The third kappa shape index (κ3) is 2.54. The Morgan fingerprint density at radius 1 is 1.33 bits per heavy atom. The maximum absolute atomic E-state index is 14.0. The normalized spacial score (nSPS) is 21.8. The molecule has 1 aromatic rings. The van der Waals surface area contributed by atoms with Crippen molar-refractivity contribution in [2.75, 3.05) is 6.54 Å². The van der Waals surface area contributed by atoms with Crippen molar-refractivity contribution in [3.8, 4) is 5.75 Å². The molecule has 1 aromatic carbocycles. The number of fused-ring (bicyclic) bond motifs is 1. The van der Waals surface area contributed by atoms with Gasteiger partial charge in [-0.25, -0.2) is 4.39 Å². The summed E-state index contributed by atoms with van der Waals surface area (Å²) in [6, 6.07) is 3.18. The van der Waals surface area contributed by atoms with Crippen LogP contribution in [0.3, 0.4) is 0 Å². The molecule has 0 amide bonds. The van der Waals surface area contributed by atoms with Gasteiger partial charge < -0.3 is 10.1 Å². The molecule has 2 rings (SSSR count). The lowest BCUT2D eigenvalue weighted by molar-refractivity contribution is 0.177. The Kier molecular flexibility index (Phi) is 4.62. The molecule has 2 nitrogen and oxygen atoms in total. The lowest BCUT2D eigenvalue weighted by atomic mass is 10.00. The van der Waals surface area contributed by atoms with Crippen LogP contribution >= 0.6 is 15.9 Å². The molecule has 2 atom stereocenters. The average Bonchev–Trinajstić information content (AvgIpc) is 2.72. The number of halogens is 2. The van der Waals surface area contributed by atoms with Crippen molar-refractivity contribution in [1.29, 1.82) is 0 Å². The average molecular weight is 316 g/mol. The highest BCUT2D eigenvalue weighted by atomic mass is 79.9. The van der Waals surface area contributed by atoms with Gasteiger partial charge in [-0.3, -0.25) is 0 Å². The van der Waals surface area contributed by atoms with E-state index in [2.05, 4.69) is 35.1 Å². The first-order valence-corrected chi connectivity index (χ1v) is 7.36. The molecular formula is C14H19BrFNO. The first-order valence-electron chi connectivity index (χ1n) is 6.57. The van der Waals surface area contributed by atoms with E-state index in [9.17, 15) is 4.39 Å². The van der Waals surface area contributed by atoms with E-state index in [4.69, 9.17) is 4.74 Å². The standard InChI is InChI=1S/C14H19BrFNO/c1-3-5-11-13(17-8-4-2)12-10(16)7-6-9(15)14(12)18-11/h6-7,11,13,17H,3-5,8H2,1-2H3. The molecule has 1 N–H and O–H groups in total. The highest BCUT2D eigenvalue weighted by Crippen LogP contribution is 2.44. The summed E-state index contributed by atoms with van der Waals surface area (Å²) in [5, 5.41) is 3.40. The van der Waals surface area contributed by atoms with Gasteiger partial charge in [0.25, 0.3) is 0 Å². The molecule has 1 aliphatic rings. The van der Waals surface area contributed by atoms with Gasteiger partial charge in [0, 0.05) is 0 Å². The molecule has 0 aromatic heterocycles. The monoisotopic (exact) mass is 315 g/mol. The number of hydrogen-bond donors (Lipinski definition) is 1. The van der Waals surface area contributed by atoms with Crippen molar-refractivity contribution in [2.45, 2.75) is 45.3 Å². The Labute approximate surface area is 116 Å². The van der Waals surface area contributed by atoms with Crippen LogP contribution in [0.25, 0.3) is 0 Å². The zero-order chi connectivity index (χ0) is 13.1. The zero-order valence-electron chi connectivity index (χ0n) is 10.8. The molecule has 0 aliphatic carbocycles. The van der Waals surface area contributed by atoms with Gasteiger partial charge in [0.05, 0.1) is 16.1 Å². The van der Waals surface area contributed by atoms with Crippen LogP contribution in [0.1, 0.15) is 44.7 Å². The van der Waals surface area contributed by atoms with Crippen molar-refractivity contribution >= 4 is 15.9 Å². The van der Waals surface area contributed by atoms with Crippen molar-refractivity contribution in [2.24, 2.45) is 0 Å². The number of rotatable bonds is 5. The summed E-state index contributed by atoms with van der Waals surface area (Å²) < 4.78 is 20.8. The highest BCUT2D eigenvalue weighted by Gasteiger charge is 2.37. The van der Waals surface area contributed by atoms with Crippen molar-refractivity contribution in [1.82, 2.24) is 5.32 Å². The van der Waals surface area contributed by atoms with Crippen LogP contribution in [0.4, 0.5) is 4.39 Å². The molecule has 0 spiro atoms. The topological polar surface area (TPSA) is 21.3 Å². The van der Waals surface area contributed by atoms with Gasteiger partial charge in [-0.15, -0.1) is 0 Å². The molecule has 18 heavy (non-hydrogen) atoms. The minimum Gasteiger partial charge on any atom is -0.487 e. The summed E-state index contributed by atoms with van der Waals surface area (Å²) in [6.45, 7) is 5.10. The second kappa shape index (κ2) is 6.02. The van der Waals surface area contributed by atoms with Crippen LogP contribution in [0.2, 0.25) is 0 Å². The van der Waals surface area contributed by atoms with Gasteiger partial charge in [0.1, 0.15) is 17.7 Å². The van der Waals surface area contributed by atoms with E-state index in [-0.39, 0.29) is 18.0 Å². The predicted octanol–water partition coefficient (Wildman–Crippen LogP) is 4.19. The van der Waals surface area contributed by atoms with Crippen LogP contribution in [0.15, 0.2) is 16.6 Å². The zero-order valence-corrected chi connectivity index (χ0v) is 12.4. The maximum atomic E-state index is 14.0. The second-order valence-corrected chi connectivity index (χ2v) is 5.50. The van der Waals surface area contributed by atoms with Gasteiger partial charge >= 0.3 is 0 Å². The van der Waals surface area contributed by atoms with E-state index in [0.717, 1.165) is 30.3 Å². The summed E-state index contributed by atoms with van der Waals surface area (Å²) in [5.74, 6) is 0.488. The fourth-order valence-corrected chi connectivity index (χ4v) is 2.85. The quantitative estimate of drug-likeness (QED) is 0.879. The van der Waals surface area contributed by atoms with Gasteiger partial charge in [-0.2, -0.15) is 0 Å². The molecule has 0 saturated heterocycles. The van der Waals surface area contributed by atoms with Crippen LogP contribution in [-0.2, 0) is 0 Å². The molecule has 0 radical (unpaired) electrons. The Bertz CT molecular complexity index is 425. The molecule has 0 fully saturated rings. The summed E-state index contributed by atoms with van der Waals surface area (Å²) in [5.41, 5.74) is 0.677. The van der Waals surface area contributed by atoms with Crippen LogP contribution < -0.4 is 10.1 Å². The van der Waals surface area contributed by atoms with Crippen LogP contribution in [0, 0.1) is 5.82 Å². The number of ether oxygens (including phenoxy) is 1. The molecule has 1 heterocycles. The van der Waals surface area contributed by atoms with E-state index < -0.39 is 0 Å². The van der Waals surface area contributed by atoms with Gasteiger partial charge in [-0.1, -0.05) is 20.3 Å². The van der Waals surface area contributed by atoms with E-state index in [1.54, 1.807) is 6.07 Å². The van der Waals surface area contributed by atoms with E-state index in [0.29, 0.717) is 11.3 Å². The van der Waals surface area contributed by atoms with Gasteiger partial charge in [-0.05, 0) is 47.4 Å². The lowest BCUT2D eigenvalue weighted by Crippen LogP contribution is -2.31. The first kappa shape index (κ1) is 13.8. The molecule has 0 saturated carbocycles. The number of hydrogen-bond acceptors (Lipinski definition) is 2. The van der Waals surface area contributed by atoms with Crippen molar-refractivity contribution < 1.29 is 9.13 Å². The Morgan fingerprint density at radius 2 is 2.11 bits per heavy atom. The fraction of sp³-hybridized carbons (Fsp3) is 0.571. The summed E-state index contributed by atoms with van der Waals surface area (Å²) >= 11 is 3.44. The van der Waals surface area contributed by atoms with Gasteiger partial charge in [0.2, 0.25) is 0 Å².